The summed E-state index contributed by atoms with van der Waals surface area (Å²) in [6.45, 7) is 0.543. The van der Waals surface area contributed by atoms with Crippen LogP contribution in [0.15, 0.2) is 12.1 Å². The lowest BCUT2D eigenvalue weighted by atomic mass is 9.84. The van der Waals surface area contributed by atoms with Crippen LogP contribution < -0.4 is 11.1 Å². The number of amides is 1. The molecule has 21 heavy (non-hydrogen) atoms. The van der Waals surface area contributed by atoms with E-state index in [0.29, 0.717) is 18.9 Å². The number of carbonyl (C=O) groups is 1. The molecule has 6 heteroatoms. The van der Waals surface area contributed by atoms with Crippen LogP contribution >= 0.6 is 35.3 Å². The number of nitrogens with two attached hydrogens (primary N) is 1. The van der Waals surface area contributed by atoms with Gasteiger partial charge in [-0.15, -0.1) is 23.7 Å². The fraction of sp³-hybridized carbons (Fsp3) is 0.667. The first-order chi connectivity index (χ1) is 9.69. The molecule has 0 aromatic carbocycles. The highest BCUT2D eigenvalue weighted by molar-refractivity contribution is 7.16. The summed E-state index contributed by atoms with van der Waals surface area (Å²) in [6, 6.07) is 4.01. The summed E-state index contributed by atoms with van der Waals surface area (Å²) in [4.78, 5) is 13.2. The highest BCUT2D eigenvalue weighted by atomic mass is 35.5. The summed E-state index contributed by atoms with van der Waals surface area (Å²) < 4.78 is 0.780. The molecule has 1 aromatic heterocycles. The Morgan fingerprint density at radius 1 is 1.38 bits per heavy atom. The van der Waals surface area contributed by atoms with Crippen molar-refractivity contribution in [3.05, 3.63) is 21.3 Å². The Morgan fingerprint density at radius 2 is 2.10 bits per heavy atom. The Bertz CT molecular complexity index is 433. The minimum absolute atomic E-state index is 0. The quantitative estimate of drug-likeness (QED) is 0.819. The van der Waals surface area contributed by atoms with Crippen LogP contribution in [-0.2, 0) is 11.2 Å². The van der Waals surface area contributed by atoms with Crippen molar-refractivity contribution in [2.24, 2.45) is 11.7 Å². The summed E-state index contributed by atoms with van der Waals surface area (Å²) in [6.07, 6.45) is 7.52. The van der Waals surface area contributed by atoms with Crippen molar-refractivity contribution in [3.8, 4) is 0 Å². The van der Waals surface area contributed by atoms with Gasteiger partial charge in [0, 0.05) is 23.9 Å². The zero-order chi connectivity index (χ0) is 14.4. The summed E-state index contributed by atoms with van der Waals surface area (Å²) in [5.41, 5.74) is 5.83. The molecule has 1 fully saturated rings. The smallest absolute Gasteiger partial charge is 0.220 e. The molecule has 1 aliphatic rings. The molecular weight excluding hydrogens is 327 g/mol. The topological polar surface area (TPSA) is 55.1 Å². The molecule has 1 aliphatic carbocycles. The number of halogens is 2. The maximum absolute atomic E-state index is 12.0. The lowest BCUT2D eigenvalue weighted by molar-refractivity contribution is -0.122. The maximum Gasteiger partial charge on any atom is 0.220 e. The molecular formula is C15H24Cl2N2OS. The third-order valence-corrected chi connectivity index (χ3v) is 5.34. The van der Waals surface area contributed by atoms with E-state index < -0.39 is 0 Å². The third kappa shape index (κ3) is 6.15. The number of rotatable bonds is 6. The lowest BCUT2D eigenvalue weighted by Gasteiger charge is -2.30. The number of hydrogen-bond donors (Lipinski definition) is 2. The van der Waals surface area contributed by atoms with Crippen molar-refractivity contribution in [2.45, 2.75) is 51.0 Å². The molecule has 3 nitrogen and oxygen atoms in total. The Kier molecular flexibility index (Phi) is 8.64. The Morgan fingerprint density at radius 3 is 2.67 bits per heavy atom. The van der Waals surface area contributed by atoms with Crippen molar-refractivity contribution >= 4 is 41.3 Å². The molecule has 120 valence electrons. The molecule has 1 aromatic rings. The maximum atomic E-state index is 12.0. The van der Waals surface area contributed by atoms with Crippen LogP contribution in [0, 0.1) is 5.92 Å². The van der Waals surface area contributed by atoms with Crippen LogP contribution in [0.3, 0.4) is 0 Å². The van der Waals surface area contributed by atoms with E-state index in [2.05, 4.69) is 5.32 Å². The molecule has 3 N–H and O–H groups in total. The van der Waals surface area contributed by atoms with Gasteiger partial charge < -0.3 is 11.1 Å². The van der Waals surface area contributed by atoms with Gasteiger partial charge in [0.25, 0.3) is 0 Å². The molecule has 0 spiro atoms. The molecule has 0 bridgehead atoms. The van der Waals surface area contributed by atoms with Crippen LogP contribution in [0.25, 0.3) is 0 Å². The second kappa shape index (κ2) is 9.67. The summed E-state index contributed by atoms with van der Waals surface area (Å²) in [7, 11) is 0. The van der Waals surface area contributed by atoms with Crippen LogP contribution in [0.2, 0.25) is 4.34 Å². The van der Waals surface area contributed by atoms with E-state index >= 15 is 0 Å². The van der Waals surface area contributed by atoms with E-state index in [0.717, 1.165) is 15.6 Å². The Balaban J connectivity index is 0.00000220. The first-order valence-electron chi connectivity index (χ1n) is 7.42. The second-order valence-corrected chi connectivity index (χ2v) is 7.31. The summed E-state index contributed by atoms with van der Waals surface area (Å²) in [5.74, 6) is 0.671. The first-order valence-corrected chi connectivity index (χ1v) is 8.62. The summed E-state index contributed by atoms with van der Waals surface area (Å²) in [5, 5.41) is 3.12. The SMILES string of the molecule is Cl.NCC(NC(=O)CCc1ccc(Cl)s1)C1CCCCC1. The molecule has 1 atom stereocenters. The van der Waals surface area contributed by atoms with Gasteiger partial charge in [-0.25, -0.2) is 0 Å². The van der Waals surface area contributed by atoms with Crippen molar-refractivity contribution in [3.63, 3.8) is 0 Å². The number of carbonyl (C=O) groups excluding carboxylic acids is 1. The van der Waals surface area contributed by atoms with E-state index in [1.165, 1.54) is 32.1 Å². The van der Waals surface area contributed by atoms with Crippen LogP contribution in [0.4, 0.5) is 0 Å². The minimum Gasteiger partial charge on any atom is -0.352 e. The van der Waals surface area contributed by atoms with E-state index in [-0.39, 0.29) is 24.4 Å². The lowest BCUT2D eigenvalue weighted by Crippen LogP contribution is -2.45. The van der Waals surface area contributed by atoms with Crippen molar-refractivity contribution < 1.29 is 4.79 Å². The van der Waals surface area contributed by atoms with Gasteiger partial charge >= 0.3 is 0 Å². The van der Waals surface area contributed by atoms with Gasteiger partial charge in [-0.05, 0) is 37.3 Å². The molecule has 1 amide bonds. The third-order valence-electron chi connectivity index (χ3n) is 4.05. The zero-order valence-electron chi connectivity index (χ0n) is 12.1. The molecule has 2 rings (SSSR count). The van der Waals surface area contributed by atoms with Crippen molar-refractivity contribution in [1.82, 2.24) is 5.32 Å². The van der Waals surface area contributed by atoms with Gasteiger partial charge in [-0.1, -0.05) is 30.9 Å². The minimum atomic E-state index is 0. The second-order valence-electron chi connectivity index (χ2n) is 5.51. The largest absolute Gasteiger partial charge is 0.352 e. The van der Waals surface area contributed by atoms with E-state index in [4.69, 9.17) is 17.3 Å². The number of thiophene rings is 1. The number of nitrogens with one attached hydrogen (secondary N) is 1. The molecule has 0 radical (unpaired) electrons. The van der Waals surface area contributed by atoms with Crippen LogP contribution in [-0.4, -0.2) is 18.5 Å². The fourth-order valence-corrected chi connectivity index (χ4v) is 3.99. The van der Waals surface area contributed by atoms with E-state index in [9.17, 15) is 4.79 Å². The van der Waals surface area contributed by atoms with E-state index in [1.807, 2.05) is 12.1 Å². The van der Waals surface area contributed by atoms with Crippen molar-refractivity contribution in [2.75, 3.05) is 6.54 Å². The molecule has 0 aliphatic heterocycles. The van der Waals surface area contributed by atoms with Gasteiger partial charge in [-0.3, -0.25) is 4.79 Å². The van der Waals surface area contributed by atoms with Crippen molar-refractivity contribution in [1.29, 1.82) is 0 Å². The van der Waals surface area contributed by atoms with Gasteiger partial charge in [0.2, 0.25) is 5.91 Å². The normalized spacial score (nSPS) is 17.0. The highest BCUT2D eigenvalue weighted by Crippen LogP contribution is 2.26. The molecule has 1 saturated carbocycles. The van der Waals surface area contributed by atoms with Gasteiger partial charge in [0.05, 0.1) is 4.34 Å². The Labute approximate surface area is 142 Å². The highest BCUT2D eigenvalue weighted by Gasteiger charge is 2.23. The first kappa shape index (κ1) is 18.8. The monoisotopic (exact) mass is 350 g/mol. The summed E-state index contributed by atoms with van der Waals surface area (Å²) >= 11 is 7.43. The van der Waals surface area contributed by atoms with Gasteiger partial charge in [0.1, 0.15) is 0 Å². The average molecular weight is 351 g/mol. The average Bonchev–Trinajstić information content (AvgIpc) is 2.89. The van der Waals surface area contributed by atoms with Crippen LogP contribution in [0.1, 0.15) is 43.4 Å². The number of hydrogen-bond acceptors (Lipinski definition) is 3. The zero-order valence-corrected chi connectivity index (χ0v) is 14.5. The predicted octanol–water partition coefficient (Wildman–Crippen LogP) is 3.78. The van der Waals surface area contributed by atoms with Crippen LogP contribution in [0.5, 0.6) is 0 Å². The molecule has 1 unspecified atom stereocenters. The Hall–Kier alpha value is -0.290. The van der Waals surface area contributed by atoms with Gasteiger partial charge in [0.15, 0.2) is 0 Å². The predicted molar refractivity (Wildman–Crippen MR) is 92.5 cm³/mol. The fourth-order valence-electron chi connectivity index (χ4n) is 2.91. The number of aryl methyl sites for hydroxylation is 1. The standard InChI is InChI=1S/C15H23ClN2OS.ClH/c16-14-8-6-12(20-14)7-9-15(19)18-13(10-17)11-4-2-1-3-5-11;/h6,8,11,13H,1-5,7,9-10,17H2,(H,18,19);1H. The van der Waals surface area contributed by atoms with Gasteiger partial charge in [-0.2, -0.15) is 0 Å². The van der Waals surface area contributed by atoms with E-state index in [1.54, 1.807) is 11.3 Å². The molecule has 0 saturated heterocycles. The molecule has 1 heterocycles.